The van der Waals surface area contributed by atoms with Crippen LogP contribution in [0.5, 0.6) is 0 Å². The van der Waals surface area contributed by atoms with Gasteiger partial charge in [-0.2, -0.15) is 0 Å². The van der Waals surface area contributed by atoms with Crippen molar-refractivity contribution >= 4 is 33.5 Å². The second kappa shape index (κ2) is 5.83. The maximum absolute atomic E-state index is 8.52. The Balaban J connectivity index is 2.13. The Hall–Kier alpha value is -1.60. The number of aromatic nitrogens is 2. The number of rotatable bonds is 3. The standard InChI is InChI=1S/C11H9BrN4OS/c12-7-1-4-10(15-5-7)18-8-2-3-9(14-6-8)11(13)16-17/h1-6,17H,(H2,13,16). The first kappa shape index (κ1) is 12.8. The smallest absolute Gasteiger partial charge is 0.188 e. The highest BCUT2D eigenvalue weighted by atomic mass is 79.9. The quantitative estimate of drug-likeness (QED) is 0.392. The van der Waals surface area contributed by atoms with E-state index in [4.69, 9.17) is 10.9 Å². The molecule has 0 atom stereocenters. The molecule has 0 spiro atoms. The van der Waals surface area contributed by atoms with Gasteiger partial charge in [-0.3, -0.25) is 4.98 Å². The second-order valence-corrected chi connectivity index (χ2v) is 5.29. The highest BCUT2D eigenvalue weighted by molar-refractivity contribution is 9.10. The molecule has 0 aliphatic rings. The minimum absolute atomic E-state index is 0.00619. The highest BCUT2D eigenvalue weighted by Gasteiger charge is 2.03. The Labute approximate surface area is 116 Å². The number of pyridine rings is 2. The van der Waals surface area contributed by atoms with E-state index in [0.717, 1.165) is 14.4 Å². The molecule has 0 radical (unpaired) electrons. The summed E-state index contributed by atoms with van der Waals surface area (Å²) >= 11 is 4.82. The van der Waals surface area contributed by atoms with Gasteiger partial charge in [0.05, 0.1) is 0 Å². The van der Waals surface area contributed by atoms with E-state index in [2.05, 4.69) is 31.1 Å². The molecule has 18 heavy (non-hydrogen) atoms. The first-order chi connectivity index (χ1) is 8.69. The molecule has 0 saturated heterocycles. The van der Waals surface area contributed by atoms with E-state index in [1.807, 2.05) is 18.2 Å². The molecular weight excluding hydrogens is 316 g/mol. The molecule has 0 aromatic carbocycles. The third kappa shape index (κ3) is 3.21. The number of hydrogen-bond donors (Lipinski definition) is 2. The second-order valence-electron chi connectivity index (χ2n) is 3.28. The van der Waals surface area contributed by atoms with Crippen molar-refractivity contribution in [2.24, 2.45) is 10.9 Å². The number of nitrogens with zero attached hydrogens (tertiary/aromatic N) is 3. The summed E-state index contributed by atoms with van der Waals surface area (Å²) in [7, 11) is 0. The first-order valence-electron chi connectivity index (χ1n) is 4.92. The van der Waals surface area contributed by atoms with Gasteiger partial charge in [0.2, 0.25) is 0 Å². The van der Waals surface area contributed by atoms with E-state index in [-0.39, 0.29) is 5.84 Å². The van der Waals surface area contributed by atoms with Crippen LogP contribution in [0.4, 0.5) is 0 Å². The van der Waals surface area contributed by atoms with Crippen molar-refractivity contribution in [3.63, 3.8) is 0 Å². The molecular formula is C11H9BrN4OS. The Kier molecular flexibility index (Phi) is 4.16. The van der Waals surface area contributed by atoms with Crippen LogP contribution in [0.1, 0.15) is 5.69 Å². The predicted molar refractivity (Wildman–Crippen MR) is 72.8 cm³/mol. The van der Waals surface area contributed by atoms with Gasteiger partial charge in [0.1, 0.15) is 10.7 Å². The number of halogens is 1. The summed E-state index contributed by atoms with van der Waals surface area (Å²) in [4.78, 5) is 9.27. The van der Waals surface area contributed by atoms with Crippen molar-refractivity contribution in [2.75, 3.05) is 0 Å². The minimum atomic E-state index is -0.00619. The number of oxime groups is 1. The lowest BCUT2D eigenvalue weighted by Gasteiger charge is -2.02. The number of amidine groups is 1. The Bertz CT molecular complexity index is 556. The van der Waals surface area contributed by atoms with Crippen molar-refractivity contribution < 1.29 is 5.21 Å². The number of nitrogens with two attached hydrogens (primary N) is 1. The normalized spacial score (nSPS) is 11.5. The lowest BCUT2D eigenvalue weighted by molar-refractivity contribution is 0.318. The van der Waals surface area contributed by atoms with Crippen LogP contribution in [0.15, 0.2) is 56.2 Å². The monoisotopic (exact) mass is 324 g/mol. The lowest BCUT2D eigenvalue weighted by atomic mass is 10.3. The van der Waals surface area contributed by atoms with Crippen LogP contribution in [0.25, 0.3) is 0 Å². The molecule has 0 fully saturated rings. The Morgan fingerprint density at radius 3 is 2.61 bits per heavy atom. The maximum atomic E-state index is 8.52. The first-order valence-corrected chi connectivity index (χ1v) is 6.53. The van der Waals surface area contributed by atoms with Gasteiger partial charge in [0.15, 0.2) is 5.84 Å². The zero-order valence-electron chi connectivity index (χ0n) is 9.12. The fourth-order valence-corrected chi connectivity index (χ4v) is 2.15. The van der Waals surface area contributed by atoms with E-state index in [0.29, 0.717) is 5.69 Å². The third-order valence-electron chi connectivity index (χ3n) is 2.03. The summed E-state index contributed by atoms with van der Waals surface area (Å²) < 4.78 is 0.937. The lowest BCUT2D eigenvalue weighted by Crippen LogP contribution is -2.14. The van der Waals surface area contributed by atoms with E-state index < -0.39 is 0 Å². The van der Waals surface area contributed by atoms with E-state index in [1.165, 1.54) is 11.8 Å². The van der Waals surface area contributed by atoms with Crippen LogP contribution in [0.2, 0.25) is 0 Å². The molecule has 0 aliphatic heterocycles. The fourth-order valence-electron chi connectivity index (χ4n) is 1.19. The van der Waals surface area contributed by atoms with Crippen molar-refractivity contribution in [3.05, 3.63) is 46.8 Å². The van der Waals surface area contributed by atoms with E-state index in [1.54, 1.807) is 18.5 Å². The summed E-state index contributed by atoms with van der Waals surface area (Å²) in [5.74, 6) is -0.00619. The topological polar surface area (TPSA) is 84.4 Å². The van der Waals surface area contributed by atoms with Crippen LogP contribution >= 0.6 is 27.7 Å². The fraction of sp³-hybridized carbons (Fsp3) is 0. The average Bonchev–Trinajstić information content (AvgIpc) is 2.41. The van der Waals surface area contributed by atoms with Gasteiger partial charge >= 0.3 is 0 Å². The Morgan fingerprint density at radius 1 is 1.22 bits per heavy atom. The van der Waals surface area contributed by atoms with Crippen LogP contribution in [-0.2, 0) is 0 Å². The molecule has 0 unspecified atom stereocenters. The van der Waals surface area contributed by atoms with E-state index in [9.17, 15) is 0 Å². The minimum Gasteiger partial charge on any atom is -0.409 e. The van der Waals surface area contributed by atoms with Gasteiger partial charge < -0.3 is 10.9 Å². The van der Waals surface area contributed by atoms with Gasteiger partial charge in [-0.05, 0) is 40.2 Å². The van der Waals surface area contributed by atoms with Gasteiger partial charge in [-0.1, -0.05) is 16.9 Å². The largest absolute Gasteiger partial charge is 0.409 e. The van der Waals surface area contributed by atoms with Crippen LogP contribution in [-0.4, -0.2) is 21.0 Å². The highest BCUT2D eigenvalue weighted by Crippen LogP contribution is 2.25. The van der Waals surface area contributed by atoms with Gasteiger partial charge in [-0.25, -0.2) is 4.98 Å². The van der Waals surface area contributed by atoms with Crippen molar-refractivity contribution in [1.29, 1.82) is 0 Å². The van der Waals surface area contributed by atoms with Crippen molar-refractivity contribution in [1.82, 2.24) is 9.97 Å². The van der Waals surface area contributed by atoms with Gasteiger partial charge in [-0.15, -0.1) is 0 Å². The Morgan fingerprint density at radius 2 is 2.06 bits per heavy atom. The molecule has 5 nitrogen and oxygen atoms in total. The van der Waals surface area contributed by atoms with Crippen LogP contribution < -0.4 is 5.73 Å². The molecule has 2 heterocycles. The summed E-state index contributed by atoms with van der Waals surface area (Å²) in [6, 6.07) is 7.37. The van der Waals surface area contributed by atoms with Crippen molar-refractivity contribution in [3.8, 4) is 0 Å². The molecule has 7 heteroatoms. The molecule has 0 amide bonds. The van der Waals surface area contributed by atoms with Crippen LogP contribution in [0.3, 0.4) is 0 Å². The molecule has 3 N–H and O–H groups in total. The van der Waals surface area contributed by atoms with Gasteiger partial charge in [0.25, 0.3) is 0 Å². The van der Waals surface area contributed by atoms with E-state index >= 15 is 0 Å². The molecule has 2 rings (SSSR count). The SMILES string of the molecule is N/C(=N/O)c1ccc(Sc2ccc(Br)cn2)cn1. The molecule has 2 aromatic heterocycles. The predicted octanol–water partition coefficient (Wildman–Crippen LogP) is 2.48. The molecule has 0 saturated carbocycles. The molecule has 0 bridgehead atoms. The zero-order valence-corrected chi connectivity index (χ0v) is 11.5. The molecule has 92 valence electrons. The molecule has 2 aromatic rings. The number of hydrogen-bond acceptors (Lipinski definition) is 5. The average molecular weight is 325 g/mol. The third-order valence-corrected chi connectivity index (χ3v) is 3.43. The summed E-state index contributed by atoms with van der Waals surface area (Å²) in [6.07, 6.45) is 3.39. The van der Waals surface area contributed by atoms with Crippen molar-refractivity contribution in [2.45, 2.75) is 9.92 Å². The summed E-state index contributed by atoms with van der Waals surface area (Å²) in [6.45, 7) is 0. The maximum Gasteiger partial charge on any atom is 0.188 e. The summed E-state index contributed by atoms with van der Waals surface area (Å²) in [5, 5.41) is 12.3. The van der Waals surface area contributed by atoms with Crippen LogP contribution in [0, 0.1) is 0 Å². The molecule has 0 aliphatic carbocycles. The zero-order chi connectivity index (χ0) is 13.0. The summed E-state index contributed by atoms with van der Waals surface area (Å²) in [5.41, 5.74) is 5.86. The van der Waals surface area contributed by atoms with Gasteiger partial charge in [0, 0.05) is 21.8 Å².